The van der Waals surface area contributed by atoms with Gasteiger partial charge in [-0.25, -0.2) is 0 Å². The molecule has 1 aliphatic heterocycles. The van der Waals surface area contributed by atoms with E-state index in [4.69, 9.17) is 9.47 Å². The summed E-state index contributed by atoms with van der Waals surface area (Å²) in [6, 6.07) is 0.698. The molecule has 2 N–H and O–H groups in total. The lowest BCUT2D eigenvalue weighted by Crippen LogP contribution is -2.43. The fraction of sp³-hybridized carbons (Fsp3) is 0.933. The van der Waals surface area contributed by atoms with Crippen molar-refractivity contribution >= 4 is 5.91 Å². The number of carbonyl (C=O) groups excluding carboxylic acids is 1. The van der Waals surface area contributed by atoms with Crippen LogP contribution in [0.25, 0.3) is 0 Å². The highest BCUT2D eigenvalue weighted by Crippen LogP contribution is 2.09. The minimum Gasteiger partial charge on any atom is -0.378 e. The van der Waals surface area contributed by atoms with Crippen LogP contribution in [0, 0.1) is 0 Å². The van der Waals surface area contributed by atoms with Gasteiger partial charge in [-0.3, -0.25) is 4.79 Å². The summed E-state index contributed by atoms with van der Waals surface area (Å²) in [6.07, 6.45) is 2.47. The van der Waals surface area contributed by atoms with Crippen molar-refractivity contribution in [2.24, 2.45) is 0 Å². The van der Waals surface area contributed by atoms with Crippen LogP contribution in [0.4, 0.5) is 0 Å². The van der Waals surface area contributed by atoms with E-state index in [0.29, 0.717) is 32.4 Å². The van der Waals surface area contributed by atoms with Gasteiger partial charge in [0, 0.05) is 26.1 Å². The Bertz CT molecular complexity index is 269. The Hall–Kier alpha value is -0.690. The molecule has 0 radical (unpaired) electrons. The molecule has 1 saturated heterocycles. The largest absolute Gasteiger partial charge is 0.378 e. The SMILES string of the molecule is CCNC1CCN(CCOCCOCCNC(C)=O)CC1. The zero-order valence-electron chi connectivity index (χ0n) is 13.5. The Balaban J connectivity index is 1.83. The number of hydrogen-bond acceptors (Lipinski definition) is 5. The first kappa shape index (κ1) is 18.4. The average molecular weight is 301 g/mol. The Labute approximate surface area is 128 Å². The van der Waals surface area contributed by atoms with E-state index in [0.717, 1.165) is 32.8 Å². The molecule has 1 fully saturated rings. The highest BCUT2D eigenvalue weighted by molar-refractivity contribution is 5.72. The number of likely N-dealkylation sites (tertiary alicyclic amines) is 1. The minimum atomic E-state index is -0.0206. The highest BCUT2D eigenvalue weighted by atomic mass is 16.5. The molecule has 21 heavy (non-hydrogen) atoms. The van der Waals surface area contributed by atoms with Gasteiger partial charge in [0.15, 0.2) is 0 Å². The first-order chi connectivity index (χ1) is 10.2. The van der Waals surface area contributed by atoms with Crippen molar-refractivity contribution in [3.8, 4) is 0 Å². The van der Waals surface area contributed by atoms with Gasteiger partial charge in [0.2, 0.25) is 5.91 Å². The number of piperidine rings is 1. The second-order valence-electron chi connectivity index (χ2n) is 5.38. The molecule has 124 valence electrons. The summed E-state index contributed by atoms with van der Waals surface area (Å²) in [7, 11) is 0. The first-order valence-electron chi connectivity index (χ1n) is 8.08. The van der Waals surface area contributed by atoms with E-state index in [1.165, 1.54) is 19.8 Å². The van der Waals surface area contributed by atoms with Gasteiger partial charge in [-0.2, -0.15) is 0 Å². The quantitative estimate of drug-likeness (QED) is 0.535. The van der Waals surface area contributed by atoms with Gasteiger partial charge >= 0.3 is 0 Å². The standard InChI is InChI=1S/C15H31N3O3/c1-3-16-15-4-7-18(8-5-15)9-11-21-13-12-20-10-6-17-14(2)19/h15-16H,3-13H2,1-2H3,(H,17,19). The third-order valence-corrected chi connectivity index (χ3v) is 3.62. The van der Waals surface area contributed by atoms with Crippen LogP contribution in [0.1, 0.15) is 26.7 Å². The van der Waals surface area contributed by atoms with E-state index in [1.807, 2.05) is 0 Å². The number of ether oxygens (including phenoxy) is 2. The Kier molecular flexibility index (Phi) is 10.4. The molecule has 1 aliphatic rings. The van der Waals surface area contributed by atoms with E-state index < -0.39 is 0 Å². The summed E-state index contributed by atoms with van der Waals surface area (Å²) in [5, 5.41) is 6.20. The number of amides is 1. The molecule has 0 aliphatic carbocycles. The summed E-state index contributed by atoms with van der Waals surface area (Å²) in [5.74, 6) is -0.0206. The lowest BCUT2D eigenvalue weighted by molar-refractivity contribution is -0.119. The van der Waals surface area contributed by atoms with Gasteiger partial charge in [0.25, 0.3) is 0 Å². The van der Waals surface area contributed by atoms with E-state index in [9.17, 15) is 4.79 Å². The Morgan fingerprint density at radius 2 is 1.81 bits per heavy atom. The predicted octanol–water partition coefficient (Wildman–Crippen LogP) is 0.230. The molecule has 0 unspecified atom stereocenters. The zero-order chi connectivity index (χ0) is 15.3. The minimum absolute atomic E-state index is 0.0206. The number of hydrogen-bond donors (Lipinski definition) is 2. The van der Waals surface area contributed by atoms with Crippen molar-refractivity contribution in [2.75, 3.05) is 59.2 Å². The van der Waals surface area contributed by atoms with E-state index >= 15 is 0 Å². The van der Waals surface area contributed by atoms with Crippen molar-refractivity contribution in [2.45, 2.75) is 32.7 Å². The molecule has 1 rings (SSSR count). The maximum atomic E-state index is 10.6. The molecule has 0 saturated carbocycles. The smallest absolute Gasteiger partial charge is 0.216 e. The summed E-state index contributed by atoms with van der Waals surface area (Å²) >= 11 is 0. The third kappa shape index (κ3) is 9.79. The van der Waals surface area contributed by atoms with Gasteiger partial charge in [-0.1, -0.05) is 6.92 Å². The zero-order valence-corrected chi connectivity index (χ0v) is 13.5. The molecular formula is C15H31N3O3. The van der Waals surface area contributed by atoms with Crippen LogP contribution < -0.4 is 10.6 Å². The van der Waals surface area contributed by atoms with E-state index in [1.54, 1.807) is 0 Å². The number of rotatable bonds is 11. The van der Waals surface area contributed by atoms with Crippen molar-refractivity contribution in [1.29, 1.82) is 0 Å². The fourth-order valence-electron chi connectivity index (χ4n) is 2.46. The lowest BCUT2D eigenvalue weighted by Gasteiger charge is -2.32. The topological polar surface area (TPSA) is 62.8 Å². The van der Waals surface area contributed by atoms with Gasteiger partial charge in [0.05, 0.1) is 26.4 Å². The second-order valence-corrected chi connectivity index (χ2v) is 5.38. The second kappa shape index (κ2) is 11.9. The van der Waals surface area contributed by atoms with Crippen molar-refractivity contribution in [3.05, 3.63) is 0 Å². The maximum absolute atomic E-state index is 10.6. The monoisotopic (exact) mass is 301 g/mol. The lowest BCUT2D eigenvalue weighted by atomic mass is 10.1. The molecule has 6 nitrogen and oxygen atoms in total. The number of nitrogens with zero attached hydrogens (tertiary/aromatic N) is 1. The molecule has 1 heterocycles. The molecule has 0 aromatic heterocycles. The average Bonchev–Trinajstić information content (AvgIpc) is 2.47. The molecule has 0 bridgehead atoms. The van der Waals surface area contributed by atoms with Crippen LogP contribution >= 0.6 is 0 Å². The number of carbonyl (C=O) groups is 1. The molecular weight excluding hydrogens is 270 g/mol. The fourth-order valence-corrected chi connectivity index (χ4v) is 2.46. The first-order valence-corrected chi connectivity index (χ1v) is 8.08. The molecule has 0 spiro atoms. The van der Waals surface area contributed by atoms with Crippen LogP contribution in [0.3, 0.4) is 0 Å². The van der Waals surface area contributed by atoms with Crippen LogP contribution in [0.5, 0.6) is 0 Å². The van der Waals surface area contributed by atoms with Gasteiger partial charge < -0.3 is 25.0 Å². The Morgan fingerprint density at radius 3 is 2.43 bits per heavy atom. The van der Waals surface area contributed by atoms with Crippen LogP contribution in [0.15, 0.2) is 0 Å². The molecule has 1 amide bonds. The van der Waals surface area contributed by atoms with Crippen molar-refractivity contribution in [3.63, 3.8) is 0 Å². The molecule has 0 aromatic carbocycles. The molecule has 0 aromatic rings. The third-order valence-electron chi connectivity index (χ3n) is 3.62. The predicted molar refractivity (Wildman–Crippen MR) is 83.5 cm³/mol. The van der Waals surface area contributed by atoms with Gasteiger partial charge in [-0.05, 0) is 32.5 Å². The van der Waals surface area contributed by atoms with Crippen LogP contribution in [-0.4, -0.2) is 76.0 Å². The summed E-state index contributed by atoms with van der Waals surface area (Å²) in [6.45, 7) is 11.1. The summed E-state index contributed by atoms with van der Waals surface area (Å²) < 4.78 is 10.9. The van der Waals surface area contributed by atoms with Crippen molar-refractivity contribution < 1.29 is 14.3 Å². The van der Waals surface area contributed by atoms with Gasteiger partial charge in [-0.15, -0.1) is 0 Å². The van der Waals surface area contributed by atoms with Crippen molar-refractivity contribution in [1.82, 2.24) is 15.5 Å². The van der Waals surface area contributed by atoms with Gasteiger partial charge in [0.1, 0.15) is 0 Å². The maximum Gasteiger partial charge on any atom is 0.216 e. The highest BCUT2D eigenvalue weighted by Gasteiger charge is 2.17. The summed E-state index contributed by atoms with van der Waals surface area (Å²) in [4.78, 5) is 13.1. The van der Waals surface area contributed by atoms with Crippen LogP contribution in [-0.2, 0) is 14.3 Å². The van der Waals surface area contributed by atoms with Crippen LogP contribution in [0.2, 0.25) is 0 Å². The molecule has 0 atom stereocenters. The van der Waals surface area contributed by atoms with E-state index in [2.05, 4.69) is 22.5 Å². The summed E-state index contributed by atoms with van der Waals surface area (Å²) in [5.41, 5.74) is 0. The number of nitrogens with one attached hydrogen (secondary N) is 2. The normalized spacial score (nSPS) is 17.0. The molecule has 6 heteroatoms. The Morgan fingerprint density at radius 1 is 1.14 bits per heavy atom. The van der Waals surface area contributed by atoms with E-state index in [-0.39, 0.29) is 5.91 Å².